The highest BCUT2D eigenvalue weighted by atomic mass is 32.1. The zero-order valence-electron chi connectivity index (χ0n) is 16.1. The van der Waals surface area contributed by atoms with Crippen LogP contribution in [0.3, 0.4) is 0 Å². The zero-order valence-corrected chi connectivity index (χ0v) is 16.9. The van der Waals surface area contributed by atoms with E-state index in [0.29, 0.717) is 17.3 Å². The molecule has 1 heterocycles. The second-order valence-corrected chi connectivity index (χ2v) is 7.84. The van der Waals surface area contributed by atoms with E-state index < -0.39 is 11.7 Å². The third-order valence-electron chi connectivity index (χ3n) is 4.39. The second-order valence-electron chi connectivity index (χ2n) is 6.83. The number of nitrogens with one attached hydrogen (secondary N) is 1. The Balaban J connectivity index is 1.68. The molecule has 2 aromatic carbocycles. The van der Waals surface area contributed by atoms with Crippen LogP contribution in [-0.4, -0.2) is 24.0 Å². The van der Waals surface area contributed by atoms with Crippen LogP contribution < -0.4 is 10.2 Å². The van der Waals surface area contributed by atoms with Gasteiger partial charge in [-0.15, -0.1) is 0 Å². The number of anilines is 2. The summed E-state index contributed by atoms with van der Waals surface area (Å²) >= 11 is 1.54. The first-order chi connectivity index (χ1) is 13.6. The number of hydrogen-bond acceptors (Lipinski definition) is 4. The normalized spacial score (nSPS) is 12.1. The molecule has 0 saturated carbocycles. The molecular formula is C21H20F3N3OS. The quantitative estimate of drug-likeness (QED) is 0.531. The molecule has 152 valence electrons. The molecule has 0 spiro atoms. The molecule has 0 unspecified atom stereocenters. The van der Waals surface area contributed by atoms with Crippen molar-refractivity contribution in [2.75, 3.05) is 17.3 Å². The van der Waals surface area contributed by atoms with Crippen LogP contribution in [0.1, 0.15) is 25.0 Å². The first-order valence-corrected chi connectivity index (χ1v) is 9.75. The molecular weight excluding hydrogens is 399 g/mol. The molecule has 8 heteroatoms. The molecule has 1 N–H and O–H groups in total. The first-order valence-electron chi connectivity index (χ1n) is 8.93. The number of alkyl halides is 3. The summed E-state index contributed by atoms with van der Waals surface area (Å²) in [6.45, 7) is 4.17. The van der Waals surface area contributed by atoms with E-state index >= 15 is 0 Å². The molecule has 0 fully saturated rings. The third kappa shape index (κ3) is 5.14. The van der Waals surface area contributed by atoms with Crippen molar-refractivity contribution < 1.29 is 18.0 Å². The molecule has 4 nitrogen and oxygen atoms in total. The van der Waals surface area contributed by atoms with Crippen LogP contribution in [0.2, 0.25) is 0 Å². The highest BCUT2D eigenvalue weighted by Crippen LogP contribution is 2.31. The SMILES string of the molecule is CC(C)N(C)c1nc2ccc(NC(=O)C=Cc3ccc(C(F)(F)F)cc3)cc2s1. The van der Waals surface area contributed by atoms with E-state index in [9.17, 15) is 18.0 Å². The van der Waals surface area contributed by atoms with Gasteiger partial charge < -0.3 is 10.2 Å². The number of amides is 1. The predicted octanol–water partition coefficient (Wildman–Crippen LogP) is 5.81. The van der Waals surface area contributed by atoms with Crippen molar-refractivity contribution >= 4 is 44.4 Å². The summed E-state index contributed by atoms with van der Waals surface area (Å²) in [5.41, 5.74) is 1.27. The molecule has 1 amide bonds. The highest BCUT2D eigenvalue weighted by Gasteiger charge is 2.29. The predicted molar refractivity (Wildman–Crippen MR) is 112 cm³/mol. The number of thiazole rings is 1. The number of halogens is 3. The van der Waals surface area contributed by atoms with E-state index in [0.717, 1.165) is 27.5 Å². The van der Waals surface area contributed by atoms with Gasteiger partial charge in [0, 0.05) is 24.9 Å². The number of carbonyl (C=O) groups is 1. The van der Waals surface area contributed by atoms with Crippen LogP contribution in [0, 0.1) is 0 Å². The lowest BCUT2D eigenvalue weighted by molar-refractivity contribution is -0.137. The molecule has 3 rings (SSSR count). The summed E-state index contributed by atoms with van der Waals surface area (Å²) in [6.07, 6.45) is -1.62. The molecule has 0 bridgehead atoms. The minimum Gasteiger partial charge on any atom is -0.349 e. The summed E-state index contributed by atoms with van der Waals surface area (Å²) in [7, 11) is 1.98. The highest BCUT2D eigenvalue weighted by molar-refractivity contribution is 7.22. The number of rotatable bonds is 5. The van der Waals surface area contributed by atoms with Crippen LogP contribution in [0.25, 0.3) is 16.3 Å². The van der Waals surface area contributed by atoms with Gasteiger partial charge in [-0.1, -0.05) is 23.5 Å². The maximum Gasteiger partial charge on any atom is 0.416 e. The molecule has 0 atom stereocenters. The topological polar surface area (TPSA) is 45.2 Å². The number of hydrogen-bond donors (Lipinski definition) is 1. The lowest BCUT2D eigenvalue weighted by Crippen LogP contribution is -2.25. The van der Waals surface area contributed by atoms with Gasteiger partial charge in [0.15, 0.2) is 5.13 Å². The minimum atomic E-state index is -4.38. The van der Waals surface area contributed by atoms with Gasteiger partial charge in [-0.25, -0.2) is 4.98 Å². The monoisotopic (exact) mass is 419 g/mol. The molecule has 29 heavy (non-hydrogen) atoms. The Morgan fingerprint density at radius 3 is 2.48 bits per heavy atom. The minimum absolute atomic E-state index is 0.324. The Morgan fingerprint density at radius 1 is 1.17 bits per heavy atom. The fourth-order valence-electron chi connectivity index (χ4n) is 2.50. The van der Waals surface area contributed by atoms with Crippen molar-refractivity contribution in [1.29, 1.82) is 0 Å². The van der Waals surface area contributed by atoms with Gasteiger partial charge in [0.05, 0.1) is 15.8 Å². The van der Waals surface area contributed by atoms with E-state index in [1.165, 1.54) is 24.3 Å². The smallest absolute Gasteiger partial charge is 0.349 e. The molecule has 0 aliphatic carbocycles. The molecule has 0 saturated heterocycles. The summed E-state index contributed by atoms with van der Waals surface area (Å²) < 4.78 is 38.7. The van der Waals surface area contributed by atoms with E-state index in [4.69, 9.17) is 0 Å². The Bertz CT molecular complexity index is 1040. The van der Waals surface area contributed by atoms with Gasteiger partial charge >= 0.3 is 6.18 Å². The fourth-order valence-corrected chi connectivity index (χ4v) is 3.60. The van der Waals surface area contributed by atoms with Crippen molar-refractivity contribution in [3.05, 3.63) is 59.7 Å². The van der Waals surface area contributed by atoms with Crippen LogP contribution in [0.5, 0.6) is 0 Å². The van der Waals surface area contributed by atoms with Gasteiger partial charge in [-0.2, -0.15) is 13.2 Å². The van der Waals surface area contributed by atoms with E-state index in [1.54, 1.807) is 17.4 Å². The van der Waals surface area contributed by atoms with Crippen LogP contribution >= 0.6 is 11.3 Å². The number of benzene rings is 2. The van der Waals surface area contributed by atoms with E-state index in [1.807, 2.05) is 19.2 Å². The summed E-state index contributed by atoms with van der Waals surface area (Å²) in [5.74, 6) is -0.367. The summed E-state index contributed by atoms with van der Waals surface area (Å²) in [4.78, 5) is 18.8. The molecule has 3 aromatic rings. The number of fused-ring (bicyclic) bond motifs is 1. The Morgan fingerprint density at radius 2 is 1.86 bits per heavy atom. The second kappa shape index (κ2) is 8.24. The van der Waals surface area contributed by atoms with Crippen LogP contribution in [0.4, 0.5) is 24.0 Å². The van der Waals surface area contributed by atoms with Crippen molar-refractivity contribution in [2.45, 2.75) is 26.1 Å². The first kappa shape index (κ1) is 20.9. The maximum absolute atomic E-state index is 12.6. The average molecular weight is 419 g/mol. The van der Waals surface area contributed by atoms with Crippen LogP contribution in [-0.2, 0) is 11.0 Å². The molecule has 0 radical (unpaired) electrons. The summed E-state index contributed by atoms with van der Waals surface area (Å²) in [6, 6.07) is 10.4. The standard InChI is InChI=1S/C21H20F3N3OS/c1-13(2)27(3)20-26-17-10-9-16(12-18(17)29-20)25-19(28)11-6-14-4-7-15(8-5-14)21(22,23)24/h4-13H,1-3H3,(H,25,28). The lowest BCUT2D eigenvalue weighted by atomic mass is 10.1. The number of aromatic nitrogens is 1. The van der Waals surface area contributed by atoms with Gasteiger partial charge in [0.2, 0.25) is 5.91 Å². The average Bonchev–Trinajstić information content (AvgIpc) is 3.08. The Kier molecular flexibility index (Phi) is 5.93. The van der Waals surface area contributed by atoms with Crippen molar-refractivity contribution in [3.63, 3.8) is 0 Å². The van der Waals surface area contributed by atoms with Crippen molar-refractivity contribution in [2.24, 2.45) is 0 Å². The largest absolute Gasteiger partial charge is 0.416 e. The molecule has 0 aliphatic heterocycles. The van der Waals surface area contributed by atoms with Gasteiger partial charge in [0.1, 0.15) is 0 Å². The molecule has 1 aromatic heterocycles. The Hall–Kier alpha value is -2.87. The zero-order chi connectivity index (χ0) is 21.2. The fraction of sp³-hybridized carbons (Fsp3) is 0.238. The lowest BCUT2D eigenvalue weighted by Gasteiger charge is -2.19. The number of nitrogens with zero attached hydrogens (tertiary/aromatic N) is 2. The van der Waals surface area contributed by atoms with Gasteiger partial charge in [0.25, 0.3) is 0 Å². The molecule has 0 aliphatic rings. The maximum atomic E-state index is 12.6. The van der Waals surface area contributed by atoms with Gasteiger partial charge in [-0.3, -0.25) is 4.79 Å². The van der Waals surface area contributed by atoms with E-state index in [2.05, 4.69) is 29.0 Å². The third-order valence-corrected chi connectivity index (χ3v) is 5.49. The van der Waals surface area contributed by atoms with E-state index in [-0.39, 0.29) is 5.91 Å². The van der Waals surface area contributed by atoms with Crippen molar-refractivity contribution in [1.82, 2.24) is 4.98 Å². The van der Waals surface area contributed by atoms with Gasteiger partial charge in [-0.05, 0) is 55.8 Å². The van der Waals surface area contributed by atoms with Crippen molar-refractivity contribution in [3.8, 4) is 0 Å². The Labute approximate surface area is 170 Å². The summed E-state index contributed by atoms with van der Waals surface area (Å²) in [5, 5.41) is 3.66. The van der Waals surface area contributed by atoms with Crippen LogP contribution in [0.15, 0.2) is 48.5 Å². The number of carbonyl (C=O) groups excluding carboxylic acids is 1.